The highest BCUT2D eigenvalue weighted by Gasteiger charge is 2.48. The second-order valence-corrected chi connectivity index (χ2v) is 13.5. The van der Waals surface area contributed by atoms with Crippen molar-refractivity contribution < 1.29 is 29.2 Å². The van der Waals surface area contributed by atoms with Crippen LogP contribution in [0.5, 0.6) is 0 Å². The zero-order chi connectivity index (χ0) is 35.1. The van der Waals surface area contributed by atoms with Crippen LogP contribution in [0.25, 0.3) is 5.41 Å². The Kier molecular flexibility index (Phi) is 9.01. The molecular formula is C39H40N4O5. The predicted molar refractivity (Wildman–Crippen MR) is 186 cm³/mol. The van der Waals surface area contributed by atoms with Gasteiger partial charge in [0.2, 0.25) is 5.69 Å². The molecule has 2 aromatic carbocycles. The number of hydrogen-bond acceptors (Lipinski definition) is 5. The molecule has 2 heterocycles. The highest BCUT2D eigenvalue weighted by Crippen LogP contribution is 2.50. The van der Waals surface area contributed by atoms with Gasteiger partial charge in [0.25, 0.3) is 0 Å². The molecule has 0 spiro atoms. The van der Waals surface area contributed by atoms with E-state index < -0.39 is 22.8 Å². The molecule has 0 saturated carbocycles. The van der Waals surface area contributed by atoms with Gasteiger partial charge in [-0.3, -0.25) is 4.79 Å². The van der Waals surface area contributed by atoms with E-state index in [0.29, 0.717) is 13.1 Å². The van der Waals surface area contributed by atoms with Gasteiger partial charge in [-0.05, 0) is 62.2 Å². The van der Waals surface area contributed by atoms with Crippen molar-refractivity contribution in [3.05, 3.63) is 104 Å². The van der Waals surface area contributed by atoms with E-state index in [2.05, 4.69) is 23.3 Å². The summed E-state index contributed by atoms with van der Waals surface area (Å²) < 4.78 is 2.11. The van der Waals surface area contributed by atoms with Crippen LogP contribution >= 0.6 is 0 Å². The number of aromatic carboxylic acids is 2. The zero-order valence-electron chi connectivity index (χ0n) is 28.3. The van der Waals surface area contributed by atoms with Crippen molar-refractivity contribution in [2.75, 3.05) is 18.0 Å². The number of nitrogens with zero attached hydrogens (tertiary/aromatic N) is 4. The Morgan fingerprint density at radius 3 is 2.15 bits per heavy atom. The lowest BCUT2D eigenvalue weighted by molar-refractivity contribution is -0.438. The topological polar surface area (TPSA) is 144 Å². The van der Waals surface area contributed by atoms with Crippen LogP contribution < -0.4 is 4.90 Å². The number of carboxylic acids is 2. The third-order valence-electron chi connectivity index (χ3n) is 9.81. The van der Waals surface area contributed by atoms with E-state index in [4.69, 9.17) is 0 Å². The van der Waals surface area contributed by atoms with Crippen LogP contribution in [0.1, 0.15) is 99.1 Å². The molecular weight excluding hydrogens is 604 g/mol. The molecule has 2 N–H and O–H groups in total. The molecule has 0 aromatic heterocycles. The third kappa shape index (κ3) is 5.42. The first kappa shape index (κ1) is 34.0. The molecule has 0 atom stereocenters. The summed E-state index contributed by atoms with van der Waals surface area (Å²) in [6, 6.07) is 12.1. The zero-order valence-corrected chi connectivity index (χ0v) is 28.3. The van der Waals surface area contributed by atoms with Crippen LogP contribution in [0, 0.1) is 11.3 Å². The second-order valence-electron chi connectivity index (χ2n) is 13.5. The van der Waals surface area contributed by atoms with Gasteiger partial charge in [0.05, 0.1) is 22.1 Å². The van der Waals surface area contributed by atoms with Crippen molar-refractivity contribution in [2.45, 2.75) is 78.1 Å². The van der Waals surface area contributed by atoms with Crippen LogP contribution in [0.15, 0.2) is 76.5 Å². The molecule has 0 fully saturated rings. The monoisotopic (exact) mass is 644 g/mol. The van der Waals surface area contributed by atoms with Gasteiger partial charge in [-0.1, -0.05) is 40.5 Å². The average molecular weight is 645 g/mol. The van der Waals surface area contributed by atoms with Gasteiger partial charge in [-0.15, -0.1) is 0 Å². The quantitative estimate of drug-likeness (QED) is 0.114. The van der Waals surface area contributed by atoms with Crippen LogP contribution in [0.2, 0.25) is 0 Å². The highest BCUT2D eigenvalue weighted by atomic mass is 16.4. The first-order valence-electron chi connectivity index (χ1n) is 16.3. The van der Waals surface area contributed by atoms with E-state index >= 15 is 0 Å². The fraction of sp³-hybridized carbons (Fsp3) is 0.359. The number of rotatable bonds is 11. The van der Waals surface area contributed by atoms with E-state index in [-0.39, 0.29) is 39.2 Å². The number of carbonyl (C=O) groups excluding carboxylic acids is 1. The molecule has 9 nitrogen and oxygen atoms in total. The fourth-order valence-corrected chi connectivity index (χ4v) is 7.06. The van der Waals surface area contributed by atoms with Gasteiger partial charge in [0, 0.05) is 64.2 Å². The maximum atomic E-state index is 14.2. The molecule has 0 amide bonds. The first-order chi connectivity index (χ1) is 22.7. The minimum absolute atomic E-state index is 0.170. The normalized spacial score (nSPS) is 18.9. The molecule has 9 heteroatoms. The van der Waals surface area contributed by atoms with Crippen molar-refractivity contribution in [1.29, 1.82) is 5.26 Å². The van der Waals surface area contributed by atoms with Gasteiger partial charge < -0.3 is 20.5 Å². The van der Waals surface area contributed by atoms with Crippen LogP contribution in [-0.2, 0) is 15.6 Å². The number of carbonyl (C=O) groups is 3. The summed E-state index contributed by atoms with van der Waals surface area (Å²) in [5.41, 5.74) is 4.61. The number of ketones is 1. The minimum Gasteiger partial charge on any atom is -0.762 e. The molecule has 5 rings (SSSR count). The predicted octanol–water partition coefficient (Wildman–Crippen LogP) is 7.24. The Bertz CT molecular complexity index is 1990. The number of hydrogen-bond donors (Lipinski definition) is 2. The van der Waals surface area contributed by atoms with Crippen molar-refractivity contribution in [3.8, 4) is 6.07 Å². The number of carboxylic acid groups (broad SMARTS) is 2. The van der Waals surface area contributed by atoms with Crippen LogP contribution in [0.3, 0.4) is 0 Å². The summed E-state index contributed by atoms with van der Waals surface area (Å²) in [6.07, 6.45) is 7.11. The SMILES string of the molecule is CCCCN1C(=CC2=C(C(=C=[N-])C#N)C(=CC3=[N+](CCCC)c4ccc(C(=O)O)cc4C3(C)C)C2=O)C(C)(C)c2cc(C(=O)O)ccc21. The van der Waals surface area contributed by atoms with E-state index in [9.17, 15) is 35.3 Å². The molecule has 0 radical (unpaired) electrons. The number of unbranched alkanes of at least 4 members (excludes halogenated alkanes) is 2. The number of nitriles is 1. The lowest BCUT2D eigenvalue weighted by Gasteiger charge is -2.30. The van der Waals surface area contributed by atoms with Gasteiger partial charge in [-0.2, -0.15) is 9.84 Å². The summed E-state index contributed by atoms with van der Waals surface area (Å²) in [5, 5.41) is 39.5. The summed E-state index contributed by atoms with van der Waals surface area (Å²) in [6.45, 7) is 13.4. The Labute approximate surface area is 281 Å². The van der Waals surface area contributed by atoms with Crippen LogP contribution in [0.4, 0.5) is 11.4 Å². The van der Waals surface area contributed by atoms with Crippen molar-refractivity contribution in [2.24, 2.45) is 0 Å². The van der Waals surface area contributed by atoms with Crippen LogP contribution in [-0.4, -0.2) is 57.2 Å². The van der Waals surface area contributed by atoms with E-state index in [1.165, 1.54) is 0 Å². The maximum absolute atomic E-state index is 14.2. The average Bonchev–Trinajstić information content (AvgIpc) is 3.40. The van der Waals surface area contributed by atoms with Gasteiger partial charge in [-0.25, -0.2) is 15.5 Å². The number of anilines is 1. The number of Topliss-reactive ketones (excluding diaryl/α,β-unsaturated/α-hetero) is 1. The largest absolute Gasteiger partial charge is 0.762 e. The Morgan fingerprint density at radius 1 is 0.938 bits per heavy atom. The Morgan fingerprint density at radius 2 is 1.56 bits per heavy atom. The summed E-state index contributed by atoms with van der Waals surface area (Å²) in [5.74, 6) is -0.346. The van der Waals surface area contributed by atoms with E-state index in [1.54, 1.807) is 48.6 Å². The first-order valence-corrected chi connectivity index (χ1v) is 16.3. The second kappa shape index (κ2) is 12.7. The molecule has 48 heavy (non-hydrogen) atoms. The Balaban J connectivity index is 1.71. The van der Waals surface area contributed by atoms with E-state index in [1.807, 2.05) is 39.6 Å². The molecule has 2 aromatic rings. The van der Waals surface area contributed by atoms with E-state index in [0.717, 1.165) is 59.6 Å². The Hall–Kier alpha value is -5.32. The summed E-state index contributed by atoms with van der Waals surface area (Å²) >= 11 is 0. The smallest absolute Gasteiger partial charge is 0.335 e. The van der Waals surface area contributed by atoms with Gasteiger partial charge >= 0.3 is 11.9 Å². The fourth-order valence-electron chi connectivity index (χ4n) is 7.06. The van der Waals surface area contributed by atoms with Crippen molar-refractivity contribution >= 4 is 40.7 Å². The molecule has 0 unspecified atom stereocenters. The summed E-state index contributed by atoms with van der Waals surface area (Å²) in [7, 11) is 0. The van der Waals surface area contributed by atoms with Gasteiger partial charge in [0.1, 0.15) is 12.6 Å². The molecule has 3 aliphatic rings. The molecule has 1 aliphatic carbocycles. The van der Waals surface area contributed by atoms with Gasteiger partial charge in [0.15, 0.2) is 11.5 Å². The molecule has 0 saturated heterocycles. The number of benzene rings is 2. The lowest BCUT2D eigenvalue weighted by Crippen LogP contribution is -2.32. The third-order valence-corrected chi connectivity index (χ3v) is 9.81. The van der Waals surface area contributed by atoms with Crippen molar-refractivity contribution in [3.63, 3.8) is 0 Å². The minimum atomic E-state index is -1.02. The lowest BCUT2D eigenvalue weighted by atomic mass is 9.73. The van der Waals surface area contributed by atoms with Crippen molar-refractivity contribution in [1.82, 2.24) is 0 Å². The molecule has 246 valence electrons. The standard InChI is InChI=1S/C39H40N4O5/c1-7-9-15-42-30-13-11-23(36(45)46)17-28(30)38(3,4)32(42)19-26-34(25(21-40)22-41)27(35(26)44)20-33-39(5,6)29-18-24(37(47)48)12-14-31(29)43(33)16-10-8-2/h11-14,17-20H,7-10,15-16H2,1-6H3,(H,45,46)(H,47,48). The number of allylic oxidation sites excluding steroid dienone is 7. The highest BCUT2D eigenvalue weighted by molar-refractivity contribution is 6.27. The molecule has 2 aliphatic heterocycles. The maximum Gasteiger partial charge on any atom is 0.335 e. The summed E-state index contributed by atoms with van der Waals surface area (Å²) in [4.78, 5) is 40.0. The molecule has 0 bridgehead atoms. The number of fused-ring (bicyclic) bond motifs is 2.